The molecule has 2 aromatic rings. The third kappa shape index (κ3) is 2.99. The van der Waals surface area contributed by atoms with Gasteiger partial charge in [-0.05, 0) is 49.1 Å². The van der Waals surface area contributed by atoms with E-state index in [1.54, 1.807) is 31.2 Å². The molecule has 0 heterocycles. The summed E-state index contributed by atoms with van der Waals surface area (Å²) in [5.74, 6) is -0.568. The van der Waals surface area contributed by atoms with Crippen LogP contribution in [-0.2, 0) is 6.42 Å². The highest BCUT2D eigenvalue weighted by atomic mass is 19.1. The van der Waals surface area contributed by atoms with Crippen LogP contribution in [0.2, 0.25) is 0 Å². The Bertz CT molecular complexity index is 593. The number of aryl methyl sites for hydroxylation is 2. The minimum Gasteiger partial charge on any atom is -0.324 e. The van der Waals surface area contributed by atoms with Crippen LogP contribution in [0.15, 0.2) is 36.4 Å². The van der Waals surface area contributed by atoms with Crippen LogP contribution in [0.1, 0.15) is 28.3 Å². The standard InChI is InChI=1S/C16H17F2N/c1-10-6-7-13(17)8-12(10)9-15(19)14-5-3-4-11(2)16(14)18/h3-8,15H,9,19H2,1-2H3. The van der Waals surface area contributed by atoms with E-state index in [1.807, 2.05) is 6.92 Å². The number of halogens is 2. The van der Waals surface area contributed by atoms with Gasteiger partial charge in [-0.1, -0.05) is 24.3 Å². The number of rotatable bonds is 3. The maximum Gasteiger partial charge on any atom is 0.130 e. The average molecular weight is 261 g/mol. The molecule has 0 aromatic heterocycles. The van der Waals surface area contributed by atoms with Crippen molar-refractivity contribution in [2.75, 3.05) is 0 Å². The molecule has 0 amide bonds. The van der Waals surface area contributed by atoms with Gasteiger partial charge in [-0.2, -0.15) is 0 Å². The van der Waals surface area contributed by atoms with Crippen molar-refractivity contribution < 1.29 is 8.78 Å². The molecule has 1 nitrogen and oxygen atoms in total. The Balaban J connectivity index is 2.28. The Labute approximate surface area is 112 Å². The second-order valence-corrected chi connectivity index (χ2v) is 4.86. The van der Waals surface area contributed by atoms with Gasteiger partial charge >= 0.3 is 0 Å². The zero-order chi connectivity index (χ0) is 14.0. The molecule has 0 fully saturated rings. The minimum absolute atomic E-state index is 0.274. The van der Waals surface area contributed by atoms with Crippen LogP contribution in [0.3, 0.4) is 0 Å². The second-order valence-electron chi connectivity index (χ2n) is 4.86. The Hall–Kier alpha value is -1.74. The molecule has 0 aliphatic rings. The number of benzene rings is 2. The molecular weight excluding hydrogens is 244 g/mol. The van der Waals surface area contributed by atoms with Crippen molar-refractivity contribution in [3.05, 3.63) is 70.3 Å². The molecule has 0 aliphatic heterocycles. The summed E-state index contributed by atoms with van der Waals surface area (Å²) in [7, 11) is 0. The summed E-state index contributed by atoms with van der Waals surface area (Å²) in [6.07, 6.45) is 0.421. The lowest BCUT2D eigenvalue weighted by Crippen LogP contribution is -2.16. The normalized spacial score (nSPS) is 12.5. The monoisotopic (exact) mass is 261 g/mol. The van der Waals surface area contributed by atoms with E-state index in [0.29, 0.717) is 17.5 Å². The molecule has 0 saturated heterocycles. The lowest BCUT2D eigenvalue weighted by atomic mass is 9.95. The molecule has 1 atom stereocenters. The third-order valence-electron chi connectivity index (χ3n) is 3.37. The molecule has 0 aliphatic carbocycles. The van der Waals surface area contributed by atoms with Crippen LogP contribution in [0.5, 0.6) is 0 Å². The van der Waals surface area contributed by atoms with Crippen molar-refractivity contribution in [3.8, 4) is 0 Å². The molecule has 2 aromatic carbocycles. The molecule has 2 N–H and O–H groups in total. The van der Waals surface area contributed by atoms with E-state index in [2.05, 4.69) is 0 Å². The van der Waals surface area contributed by atoms with Crippen molar-refractivity contribution >= 4 is 0 Å². The molecule has 3 heteroatoms. The molecule has 19 heavy (non-hydrogen) atoms. The van der Waals surface area contributed by atoms with Gasteiger partial charge < -0.3 is 5.73 Å². The Kier molecular flexibility index (Phi) is 3.96. The van der Waals surface area contributed by atoms with Crippen LogP contribution >= 0.6 is 0 Å². The zero-order valence-electron chi connectivity index (χ0n) is 11.1. The summed E-state index contributed by atoms with van der Waals surface area (Å²) in [6, 6.07) is 9.29. The van der Waals surface area contributed by atoms with Crippen LogP contribution in [0.4, 0.5) is 8.78 Å². The van der Waals surface area contributed by atoms with Crippen LogP contribution in [-0.4, -0.2) is 0 Å². The van der Waals surface area contributed by atoms with Crippen LogP contribution in [0.25, 0.3) is 0 Å². The Morgan fingerprint density at radius 2 is 1.79 bits per heavy atom. The first-order chi connectivity index (χ1) is 8.99. The summed E-state index contributed by atoms with van der Waals surface area (Å²) in [5.41, 5.74) is 8.88. The average Bonchev–Trinajstić information content (AvgIpc) is 2.37. The van der Waals surface area contributed by atoms with Crippen molar-refractivity contribution in [1.29, 1.82) is 0 Å². The van der Waals surface area contributed by atoms with E-state index < -0.39 is 6.04 Å². The molecule has 0 saturated carbocycles. The predicted octanol–water partition coefficient (Wildman–Crippen LogP) is 3.82. The molecule has 0 bridgehead atoms. The van der Waals surface area contributed by atoms with Gasteiger partial charge in [0, 0.05) is 11.6 Å². The third-order valence-corrected chi connectivity index (χ3v) is 3.37. The molecule has 100 valence electrons. The molecular formula is C16H17F2N. The second kappa shape index (κ2) is 5.49. The van der Waals surface area contributed by atoms with E-state index in [9.17, 15) is 8.78 Å². The summed E-state index contributed by atoms with van der Waals surface area (Å²) in [4.78, 5) is 0. The van der Waals surface area contributed by atoms with Gasteiger partial charge in [-0.15, -0.1) is 0 Å². The van der Waals surface area contributed by atoms with Gasteiger partial charge in [0.15, 0.2) is 0 Å². The minimum atomic E-state index is -0.472. The highest BCUT2D eigenvalue weighted by Crippen LogP contribution is 2.23. The van der Waals surface area contributed by atoms with Crippen molar-refractivity contribution in [2.45, 2.75) is 26.3 Å². The van der Waals surface area contributed by atoms with E-state index in [-0.39, 0.29) is 11.6 Å². The zero-order valence-corrected chi connectivity index (χ0v) is 11.1. The van der Waals surface area contributed by atoms with Crippen molar-refractivity contribution in [3.63, 3.8) is 0 Å². The lowest BCUT2D eigenvalue weighted by molar-refractivity contribution is 0.571. The Morgan fingerprint density at radius 1 is 1.05 bits per heavy atom. The van der Waals surface area contributed by atoms with Gasteiger partial charge in [-0.3, -0.25) is 0 Å². The number of hydrogen-bond acceptors (Lipinski definition) is 1. The first-order valence-electron chi connectivity index (χ1n) is 6.24. The molecule has 0 spiro atoms. The predicted molar refractivity (Wildman–Crippen MR) is 72.9 cm³/mol. The van der Waals surface area contributed by atoms with Gasteiger partial charge in [0.1, 0.15) is 11.6 Å². The van der Waals surface area contributed by atoms with Crippen molar-refractivity contribution in [2.24, 2.45) is 5.73 Å². The fourth-order valence-electron chi connectivity index (χ4n) is 2.16. The van der Waals surface area contributed by atoms with Crippen LogP contribution in [0, 0.1) is 25.5 Å². The van der Waals surface area contributed by atoms with Crippen molar-refractivity contribution in [1.82, 2.24) is 0 Å². The number of nitrogens with two attached hydrogens (primary N) is 1. The van der Waals surface area contributed by atoms with E-state index in [4.69, 9.17) is 5.73 Å². The highest BCUT2D eigenvalue weighted by Gasteiger charge is 2.14. The fourth-order valence-corrected chi connectivity index (χ4v) is 2.16. The van der Waals surface area contributed by atoms with Gasteiger partial charge in [-0.25, -0.2) is 8.78 Å². The smallest absolute Gasteiger partial charge is 0.130 e. The van der Waals surface area contributed by atoms with Gasteiger partial charge in [0.05, 0.1) is 0 Å². The topological polar surface area (TPSA) is 26.0 Å². The largest absolute Gasteiger partial charge is 0.324 e. The molecule has 0 radical (unpaired) electrons. The van der Waals surface area contributed by atoms with Crippen LogP contribution < -0.4 is 5.73 Å². The van der Waals surface area contributed by atoms with E-state index in [0.717, 1.165) is 11.1 Å². The van der Waals surface area contributed by atoms with E-state index >= 15 is 0 Å². The summed E-state index contributed by atoms with van der Waals surface area (Å²) in [5, 5.41) is 0. The Morgan fingerprint density at radius 3 is 2.53 bits per heavy atom. The first-order valence-corrected chi connectivity index (χ1v) is 6.24. The summed E-state index contributed by atoms with van der Waals surface area (Å²) in [6.45, 7) is 3.60. The lowest BCUT2D eigenvalue weighted by Gasteiger charge is -2.15. The SMILES string of the molecule is Cc1ccc(F)cc1CC(N)c1cccc(C)c1F. The number of hydrogen-bond donors (Lipinski definition) is 1. The highest BCUT2D eigenvalue weighted by molar-refractivity contribution is 5.32. The first kappa shape index (κ1) is 13.7. The molecule has 2 rings (SSSR count). The maximum absolute atomic E-state index is 14.0. The van der Waals surface area contributed by atoms with E-state index in [1.165, 1.54) is 12.1 Å². The quantitative estimate of drug-likeness (QED) is 0.893. The van der Waals surface area contributed by atoms with Gasteiger partial charge in [0.2, 0.25) is 0 Å². The maximum atomic E-state index is 14.0. The summed E-state index contributed by atoms with van der Waals surface area (Å²) < 4.78 is 27.2. The summed E-state index contributed by atoms with van der Waals surface area (Å²) >= 11 is 0. The van der Waals surface area contributed by atoms with Gasteiger partial charge in [0.25, 0.3) is 0 Å². The fraction of sp³-hybridized carbons (Fsp3) is 0.250. The molecule has 1 unspecified atom stereocenters.